The minimum atomic E-state index is -0.137. The van der Waals surface area contributed by atoms with Crippen molar-refractivity contribution in [2.45, 2.75) is 12.8 Å². The van der Waals surface area contributed by atoms with Crippen molar-refractivity contribution in [3.63, 3.8) is 0 Å². The van der Waals surface area contributed by atoms with Gasteiger partial charge in [-0.15, -0.1) is 5.10 Å². The van der Waals surface area contributed by atoms with Crippen LogP contribution in [0.15, 0.2) is 22.8 Å². The van der Waals surface area contributed by atoms with Gasteiger partial charge in [0.2, 0.25) is 0 Å². The molecular weight excluding hydrogens is 344 g/mol. The van der Waals surface area contributed by atoms with E-state index in [1.165, 1.54) is 4.68 Å². The van der Waals surface area contributed by atoms with Crippen molar-refractivity contribution < 1.29 is 4.79 Å². The number of benzene rings is 1. The van der Waals surface area contributed by atoms with Gasteiger partial charge in [-0.25, -0.2) is 0 Å². The third-order valence-corrected chi connectivity index (χ3v) is 4.09. The molecule has 0 unspecified atom stereocenters. The first-order valence-corrected chi connectivity index (χ1v) is 7.39. The molecule has 0 radical (unpaired) electrons. The van der Waals surface area contributed by atoms with Crippen molar-refractivity contribution in [3.8, 4) is 0 Å². The third kappa shape index (κ3) is 2.33. The lowest BCUT2D eigenvalue weighted by molar-refractivity contribution is 0.0980. The minimum Gasteiger partial charge on any atom is -0.305 e. The van der Waals surface area contributed by atoms with Gasteiger partial charge in [0, 0.05) is 23.1 Å². The molecule has 7 heteroatoms. The molecule has 0 bridgehead atoms. The second-order valence-electron chi connectivity index (χ2n) is 4.73. The largest absolute Gasteiger partial charge is 0.305 e. The van der Waals surface area contributed by atoms with Crippen molar-refractivity contribution in [2.24, 2.45) is 7.05 Å². The predicted molar refractivity (Wildman–Crippen MR) is 80.2 cm³/mol. The lowest BCUT2D eigenvalue weighted by Crippen LogP contribution is -2.36. The number of anilines is 1. The van der Waals surface area contributed by atoms with Crippen LogP contribution in [0.5, 0.6) is 0 Å². The summed E-state index contributed by atoms with van der Waals surface area (Å²) in [6.45, 7) is 0.669. The fourth-order valence-electron chi connectivity index (χ4n) is 2.44. The van der Waals surface area contributed by atoms with Crippen LogP contribution in [-0.2, 0) is 13.5 Å². The maximum atomic E-state index is 12.6. The Labute approximate surface area is 129 Å². The molecule has 0 N–H and O–H groups in total. The Morgan fingerprint density at radius 2 is 2.25 bits per heavy atom. The van der Waals surface area contributed by atoms with Crippen LogP contribution < -0.4 is 4.90 Å². The van der Waals surface area contributed by atoms with E-state index in [1.807, 2.05) is 12.1 Å². The standard InChI is InChI=1S/C13H12BrClN4O/c1-18-7-11(16-17-18)13(20)19-4-2-3-8-5-9(15)6-10(14)12(8)19/h5-7H,2-4H2,1H3. The molecule has 0 saturated carbocycles. The van der Waals surface area contributed by atoms with E-state index in [0.717, 1.165) is 28.6 Å². The van der Waals surface area contributed by atoms with Gasteiger partial charge in [-0.2, -0.15) is 0 Å². The van der Waals surface area contributed by atoms with Crippen LogP contribution in [0, 0.1) is 0 Å². The Morgan fingerprint density at radius 1 is 1.45 bits per heavy atom. The van der Waals surface area contributed by atoms with Crippen molar-refractivity contribution in [1.82, 2.24) is 15.0 Å². The van der Waals surface area contributed by atoms with E-state index in [4.69, 9.17) is 11.6 Å². The normalized spacial score (nSPS) is 14.2. The first kappa shape index (κ1) is 13.6. The van der Waals surface area contributed by atoms with E-state index < -0.39 is 0 Å². The molecule has 104 valence electrons. The Kier molecular flexibility index (Phi) is 3.52. The van der Waals surface area contributed by atoms with Crippen molar-refractivity contribution in [1.29, 1.82) is 0 Å². The molecule has 1 amide bonds. The molecule has 1 aromatic heterocycles. The summed E-state index contributed by atoms with van der Waals surface area (Å²) in [5.41, 5.74) is 2.31. The summed E-state index contributed by atoms with van der Waals surface area (Å²) in [4.78, 5) is 14.3. The number of amides is 1. The topological polar surface area (TPSA) is 51.0 Å². The number of carbonyl (C=O) groups excluding carboxylic acids is 1. The summed E-state index contributed by atoms with van der Waals surface area (Å²) >= 11 is 9.57. The van der Waals surface area contributed by atoms with Crippen LogP contribution in [0.1, 0.15) is 22.5 Å². The molecule has 0 saturated heterocycles. The molecule has 0 spiro atoms. The maximum Gasteiger partial charge on any atom is 0.280 e. The summed E-state index contributed by atoms with van der Waals surface area (Å²) < 4.78 is 2.35. The molecule has 1 aromatic carbocycles. The van der Waals surface area contributed by atoms with E-state index in [9.17, 15) is 4.79 Å². The van der Waals surface area contributed by atoms with Crippen LogP contribution >= 0.6 is 27.5 Å². The van der Waals surface area contributed by atoms with E-state index in [1.54, 1.807) is 18.1 Å². The lowest BCUT2D eigenvalue weighted by Gasteiger charge is -2.30. The molecule has 0 fully saturated rings. The average Bonchev–Trinajstić information content (AvgIpc) is 2.83. The summed E-state index contributed by atoms with van der Waals surface area (Å²) in [6, 6.07) is 3.72. The first-order valence-electron chi connectivity index (χ1n) is 6.22. The molecule has 3 rings (SSSR count). The summed E-state index contributed by atoms with van der Waals surface area (Å²) in [5.74, 6) is -0.137. The van der Waals surface area contributed by atoms with Gasteiger partial charge in [0.05, 0.1) is 11.9 Å². The number of hydrogen-bond donors (Lipinski definition) is 0. The number of hydrogen-bond acceptors (Lipinski definition) is 3. The second-order valence-corrected chi connectivity index (χ2v) is 6.02. The summed E-state index contributed by atoms with van der Waals surface area (Å²) in [6.07, 6.45) is 3.45. The van der Waals surface area contributed by atoms with Crippen molar-refractivity contribution in [3.05, 3.63) is 39.1 Å². The van der Waals surface area contributed by atoms with Crippen LogP contribution in [0.4, 0.5) is 5.69 Å². The number of aromatic nitrogens is 3. The molecule has 1 aliphatic heterocycles. The smallest absolute Gasteiger partial charge is 0.280 e. The highest BCUT2D eigenvalue weighted by Gasteiger charge is 2.27. The summed E-state index contributed by atoms with van der Waals surface area (Å²) in [7, 11) is 1.74. The maximum absolute atomic E-state index is 12.6. The molecule has 2 heterocycles. The molecule has 5 nitrogen and oxygen atoms in total. The van der Waals surface area contributed by atoms with Crippen molar-refractivity contribution >= 4 is 39.1 Å². The van der Waals surface area contributed by atoms with Gasteiger partial charge in [0.15, 0.2) is 5.69 Å². The van der Waals surface area contributed by atoms with Gasteiger partial charge in [-0.3, -0.25) is 9.48 Å². The lowest BCUT2D eigenvalue weighted by atomic mass is 10.0. The molecule has 20 heavy (non-hydrogen) atoms. The highest BCUT2D eigenvalue weighted by atomic mass is 79.9. The molecule has 0 atom stereocenters. The Bertz CT molecular complexity index is 685. The zero-order valence-corrected chi connectivity index (χ0v) is 13.1. The van der Waals surface area contributed by atoms with E-state index in [-0.39, 0.29) is 5.91 Å². The Hall–Kier alpha value is -1.40. The fourth-order valence-corrected chi connectivity index (χ4v) is 3.53. The quantitative estimate of drug-likeness (QED) is 0.790. The monoisotopic (exact) mass is 354 g/mol. The molecular formula is C13H12BrClN4O. The van der Waals surface area contributed by atoms with Gasteiger partial charge < -0.3 is 4.90 Å². The molecule has 0 aliphatic carbocycles. The second kappa shape index (κ2) is 5.18. The minimum absolute atomic E-state index is 0.137. The summed E-state index contributed by atoms with van der Waals surface area (Å²) in [5, 5.41) is 8.37. The number of nitrogens with zero attached hydrogens (tertiary/aromatic N) is 4. The first-order chi connectivity index (χ1) is 9.56. The van der Waals surface area contributed by atoms with E-state index in [2.05, 4.69) is 26.2 Å². The molecule has 1 aliphatic rings. The van der Waals surface area contributed by atoms with Gasteiger partial charge in [0.1, 0.15) is 0 Å². The Morgan fingerprint density at radius 3 is 2.95 bits per heavy atom. The number of halogens is 2. The highest BCUT2D eigenvalue weighted by molar-refractivity contribution is 9.10. The van der Waals surface area contributed by atoms with Gasteiger partial charge in [-0.05, 0) is 46.5 Å². The number of fused-ring (bicyclic) bond motifs is 1. The zero-order valence-electron chi connectivity index (χ0n) is 10.8. The number of carbonyl (C=O) groups is 1. The van der Waals surface area contributed by atoms with E-state index in [0.29, 0.717) is 17.3 Å². The SMILES string of the molecule is Cn1cc(C(=O)N2CCCc3cc(Cl)cc(Br)c32)nn1. The van der Waals surface area contributed by atoms with Gasteiger partial charge >= 0.3 is 0 Å². The van der Waals surface area contributed by atoms with Crippen LogP contribution in [0.3, 0.4) is 0 Å². The predicted octanol–water partition coefficient (Wildman–Crippen LogP) is 2.82. The van der Waals surface area contributed by atoms with Crippen LogP contribution in [-0.4, -0.2) is 27.4 Å². The Balaban J connectivity index is 2.04. The molecule has 2 aromatic rings. The van der Waals surface area contributed by atoms with Crippen LogP contribution in [0.2, 0.25) is 5.02 Å². The zero-order chi connectivity index (χ0) is 14.3. The third-order valence-electron chi connectivity index (χ3n) is 3.27. The number of aryl methyl sites for hydroxylation is 2. The number of rotatable bonds is 1. The van der Waals surface area contributed by atoms with Gasteiger partial charge in [0.25, 0.3) is 5.91 Å². The highest BCUT2D eigenvalue weighted by Crippen LogP contribution is 2.37. The fraction of sp³-hybridized carbons (Fsp3) is 0.308. The van der Waals surface area contributed by atoms with Crippen molar-refractivity contribution in [2.75, 3.05) is 11.4 Å². The average molecular weight is 356 g/mol. The van der Waals surface area contributed by atoms with E-state index >= 15 is 0 Å². The van der Waals surface area contributed by atoms with Crippen LogP contribution in [0.25, 0.3) is 0 Å². The van der Waals surface area contributed by atoms with Gasteiger partial charge in [-0.1, -0.05) is 16.8 Å².